The first-order chi connectivity index (χ1) is 8.87. The van der Waals surface area contributed by atoms with E-state index in [1.165, 1.54) is 12.1 Å². The number of benzene rings is 1. The van der Waals surface area contributed by atoms with E-state index >= 15 is 0 Å². The molecule has 0 aliphatic carbocycles. The molecule has 0 spiro atoms. The van der Waals surface area contributed by atoms with Crippen molar-refractivity contribution in [1.29, 1.82) is 0 Å². The number of sulfonamides is 1. The topological polar surface area (TPSA) is 63.7 Å². The standard InChI is InChI=1S/C12H14BrNO4S/c1-8-3-5-10(6-4-8)19(16,17)14-11(7-13)9(2)18-12(14)15/h3-6,9,11H,7H2,1-2H3/t9-,11-/m0/s1. The first-order valence-corrected chi connectivity index (χ1v) is 8.31. The molecule has 0 radical (unpaired) electrons. The van der Waals surface area contributed by atoms with Crippen LogP contribution in [0.25, 0.3) is 0 Å². The van der Waals surface area contributed by atoms with Crippen LogP contribution in [0.5, 0.6) is 0 Å². The molecule has 7 heteroatoms. The van der Waals surface area contributed by atoms with Crippen molar-refractivity contribution in [3.63, 3.8) is 0 Å². The van der Waals surface area contributed by atoms with Gasteiger partial charge in [-0.25, -0.2) is 13.2 Å². The molecule has 1 fully saturated rings. The van der Waals surface area contributed by atoms with Gasteiger partial charge < -0.3 is 4.74 Å². The van der Waals surface area contributed by atoms with Gasteiger partial charge in [-0.3, -0.25) is 0 Å². The van der Waals surface area contributed by atoms with Crippen LogP contribution in [0.1, 0.15) is 12.5 Å². The van der Waals surface area contributed by atoms with Gasteiger partial charge in [-0.15, -0.1) is 0 Å². The fourth-order valence-corrected chi connectivity index (χ4v) is 4.46. The number of carbonyl (C=O) groups is 1. The molecule has 1 aliphatic heterocycles. The lowest BCUT2D eigenvalue weighted by Gasteiger charge is -2.21. The summed E-state index contributed by atoms with van der Waals surface area (Å²) in [7, 11) is -3.87. The average Bonchev–Trinajstić information content (AvgIpc) is 2.64. The lowest BCUT2D eigenvalue weighted by Crippen LogP contribution is -2.41. The number of cyclic esters (lactones) is 1. The highest BCUT2D eigenvalue weighted by Gasteiger charge is 2.46. The Morgan fingerprint density at radius 2 is 1.89 bits per heavy atom. The third-order valence-electron chi connectivity index (χ3n) is 3.05. The summed E-state index contributed by atoms with van der Waals surface area (Å²) in [6, 6.07) is 5.85. The SMILES string of the molecule is Cc1ccc(S(=O)(=O)N2C(=O)O[C@@H](C)[C@@H]2CBr)cc1. The number of rotatable bonds is 3. The van der Waals surface area contributed by atoms with E-state index in [4.69, 9.17) is 4.74 Å². The van der Waals surface area contributed by atoms with Crippen LogP contribution in [0, 0.1) is 6.92 Å². The molecule has 2 atom stereocenters. The molecule has 0 N–H and O–H groups in total. The minimum atomic E-state index is -3.87. The number of carbonyl (C=O) groups excluding carboxylic acids is 1. The zero-order valence-electron chi connectivity index (χ0n) is 10.5. The van der Waals surface area contributed by atoms with Gasteiger partial charge in [0.15, 0.2) is 0 Å². The quantitative estimate of drug-likeness (QED) is 0.787. The average molecular weight is 348 g/mol. The number of amides is 1. The summed E-state index contributed by atoms with van der Waals surface area (Å²) in [5.41, 5.74) is 0.952. The number of aryl methyl sites for hydroxylation is 1. The molecule has 1 heterocycles. The summed E-state index contributed by atoms with van der Waals surface area (Å²) in [5.74, 6) is 0. The summed E-state index contributed by atoms with van der Waals surface area (Å²) in [5, 5.41) is 0.338. The van der Waals surface area contributed by atoms with Crippen molar-refractivity contribution < 1.29 is 17.9 Å². The number of alkyl halides is 1. The first-order valence-electron chi connectivity index (χ1n) is 5.75. The maximum absolute atomic E-state index is 12.5. The van der Waals surface area contributed by atoms with Gasteiger partial charge in [-0.2, -0.15) is 4.31 Å². The molecule has 1 aliphatic rings. The molecule has 0 aromatic heterocycles. The number of halogens is 1. The Bertz CT molecular complexity index is 584. The van der Waals surface area contributed by atoms with Crippen molar-refractivity contribution >= 4 is 32.0 Å². The number of ether oxygens (including phenoxy) is 1. The molecule has 1 amide bonds. The zero-order chi connectivity index (χ0) is 14.2. The van der Waals surface area contributed by atoms with Crippen LogP contribution in [0.2, 0.25) is 0 Å². The van der Waals surface area contributed by atoms with Gasteiger partial charge in [0.05, 0.1) is 10.9 Å². The minimum absolute atomic E-state index is 0.0927. The van der Waals surface area contributed by atoms with Crippen LogP contribution in [-0.2, 0) is 14.8 Å². The lowest BCUT2D eigenvalue weighted by atomic mass is 10.2. The molecule has 104 valence electrons. The van der Waals surface area contributed by atoms with Crippen molar-refractivity contribution in [1.82, 2.24) is 4.31 Å². The second-order valence-electron chi connectivity index (χ2n) is 4.42. The largest absolute Gasteiger partial charge is 0.443 e. The number of hydrogen-bond donors (Lipinski definition) is 0. The van der Waals surface area contributed by atoms with Gasteiger partial charge in [-0.05, 0) is 26.0 Å². The van der Waals surface area contributed by atoms with Crippen molar-refractivity contribution in [2.45, 2.75) is 30.9 Å². The monoisotopic (exact) mass is 347 g/mol. The van der Waals surface area contributed by atoms with Gasteiger partial charge in [0, 0.05) is 5.33 Å². The maximum atomic E-state index is 12.5. The molecule has 0 bridgehead atoms. The summed E-state index contributed by atoms with van der Waals surface area (Å²) >= 11 is 3.22. The molecule has 0 saturated carbocycles. The third kappa shape index (κ3) is 2.49. The Hall–Kier alpha value is -1.08. The molecule has 19 heavy (non-hydrogen) atoms. The Morgan fingerprint density at radius 3 is 2.42 bits per heavy atom. The molecule has 0 unspecified atom stereocenters. The van der Waals surface area contributed by atoms with Gasteiger partial charge in [0.1, 0.15) is 6.10 Å². The van der Waals surface area contributed by atoms with Crippen LogP contribution in [0.3, 0.4) is 0 Å². The van der Waals surface area contributed by atoms with E-state index in [9.17, 15) is 13.2 Å². The second kappa shape index (κ2) is 5.13. The first kappa shape index (κ1) is 14.3. The molecule has 1 aromatic carbocycles. The van der Waals surface area contributed by atoms with Crippen LogP contribution >= 0.6 is 15.9 Å². The summed E-state index contributed by atoms with van der Waals surface area (Å²) in [4.78, 5) is 11.8. The highest BCUT2D eigenvalue weighted by Crippen LogP contribution is 2.28. The fraction of sp³-hybridized carbons (Fsp3) is 0.417. The van der Waals surface area contributed by atoms with Gasteiger partial charge >= 0.3 is 6.09 Å². The van der Waals surface area contributed by atoms with E-state index in [0.29, 0.717) is 5.33 Å². The summed E-state index contributed by atoms with van der Waals surface area (Å²) < 4.78 is 30.8. The molecule has 1 aromatic rings. The van der Waals surface area contributed by atoms with E-state index in [-0.39, 0.29) is 4.90 Å². The fourth-order valence-electron chi connectivity index (χ4n) is 1.90. The van der Waals surface area contributed by atoms with Gasteiger partial charge in [-0.1, -0.05) is 33.6 Å². The van der Waals surface area contributed by atoms with Crippen LogP contribution in [0.15, 0.2) is 29.2 Å². The smallest absolute Gasteiger partial charge is 0.424 e. The zero-order valence-corrected chi connectivity index (χ0v) is 12.9. The second-order valence-corrected chi connectivity index (χ2v) is 6.89. The number of nitrogens with zero attached hydrogens (tertiary/aromatic N) is 1. The van der Waals surface area contributed by atoms with E-state index in [2.05, 4.69) is 15.9 Å². The highest BCUT2D eigenvalue weighted by atomic mass is 79.9. The normalized spacial score (nSPS) is 23.5. The molecule has 1 saturated heterocycles. The highest BCUT2D eigenvalue weighted by molar-refractivity contribution is 9.09. The van der Waals surface area contributed by atoms with E-state index in [1.54, 1.807) is 19.1 Å². The minimum Gasteiger partial charge on any atom is -0.443 e. The van der Waals surface area contributed by atoms with E-state index in [0.717, 1.165) is 9.87 Å². The summed E-state index contributed by atoms with van der Waals surface area (Å²) in [6.07, 6.45) is -1.29. The predicted octanol–water partition coefficient (Wildman–Crippen LogP) is 2.29. The van der Waals surface area contributed by atoms with Crippen molar-refractivity contribution in [2.24, 2.45) is 0 Å². The molecular formula is C12H14BrNO4S. The van der Waals surface area contributed by atoms with Crippen LogP contribution in [-0.4, -0.2) is 36.3 Å². The van der Waals surface area contributed by atoms with Crippen molar-refractivity contribution in [3.8, 4) is 0 Å². The van der Waals surface area contributed by atoms with Crippen LogP contribution in [0.4, 0.5) is 4.79 Å². The molecule has 2 rings (SSSR count). The third-order valence-corrected chi connectivity index (χ3v) is 5.51. The van der Waals surface area contributed by atoms with E-state index in [1.807, 2.05) is 6.92 Å². The molecular weight excluding hydrogens is 334 g/mol. The Morgan fingerprint density at radius 1 is 1.32 bits per heavy atom. The van der Waals surface area contributed by atoms with E-state index < -0.39 is 28.3 Å². The van der Waals surface area contributed by atoms with Crippen molar-refractivity contribution in [2.75, 3.05) is 5.33 Å². The lowest BCUT2D eigenvalue weighted by molar-refractivity contribution is 0.141. The predicted molar refractivity (Wildman–Crippen MR) is 73.7 cm³/mol. The summed E-state index contributed by atoms with van der Waals surface area (Å²) in [6.45, 7) is 3.54. The van der Waals surface area contributed by atoms with Crippen LogP contribution < -0.4 is 0 Å². The Kier molecular flexibility index (Phi) is 3.87. The maximum Gasteiger partial charge on any atom is 0.424 e. The van der Waals surface area contributed by atoms with Crippen molar-refractivity contribution in [3.05, 3.63) is 29.8 Å². The van der Waals surface area contributed by atoms with Gasteiger partial charge in [0.2, 0.25) is 0 Å². The van der Waals surface area contributed by atoms with Gasteiger partial charge in [0.25, 0.3) is 10.0 Å². The number of hydrogen-bond acceptors (Lipinski definition) is 4. The molecule has 5 nitrogen and oxygen atoms in total. The Labute approximate surface area is 120 Å². The Balaban J connectivity index is 2.44.